The lowest BCUT2D eigenvalue weighted by Crippen LogP contribution is -2.37. The van der Waals surface area contributed by atoms with Crippen molar-refractivity contribution in [3.05, 3.63) is 0 Å². The predicted molar refractivity (Wildman–Crippen MR) is 102 cm³/mol. The molecule has 1 fully saturated rings. The maximum Gasteiger partial charge on any atom is 0.364 e. The monoisotopic (exact) mass is 392 g/mol. The van der Waals surface area contributed by atoms with Crippen LogP contribution in [0.2, 0.25) is 0 Å². The Balaban J connectivity index is 2.39. The zero-order chi connectivity index (χ0) is 20.3. The second kappa shape index (κ2) is 11.9. The van der Waals surface area contributed by atoms with E-state index in [4.69, 9.17) is 5.11 Å². The van der Waals surface area contributed by atoms with Crippen molar-refractivity contribution in [2.75, 3.05) is 0 Å². The summed E-state index contributed by atoms with van der Waals surface area (Å²) < 4.78 is 27.9. The SMILES string of the molecule is CCCCCCCC[C@@]1(C(F)F)CCC[C@@H]1CCCCCC(O)(O)C(=O)O. The van der Waals surface area contributed by atoms with Crippen LogP contribution in [-0.4, -0.2) is 33.5 Å². The van der Waals surface area contributed by atoms with Crippen LogP contribution in [0.5, 0.6) is 0 Å². The van der Waals surface area contributed by atoms with Crippen LogP contribution in [0.25, 0.3) is 0 Å². The quantitative estimate of drug-likeness (QED) is 0.254. The molecule has 0 bridgehead atoms. The van der Waals surface area contributed by atoms with Crippen LogP contribution in [0.1, 0.15) is 103 Å². The molecule has 6 heteroatoms. The molecule has 160 valence electrons. The molecule has 0 saturated heterocycles. The number of unbranched alkanes of at least 4 members (excludes halogenated alkanes) is 7. The van der Waals surface area contributed by atoms with Crippen molar-refractivity contribution < 1.29 is 28.9 Å². The zero-order valence-electron chi connectivity index (χ0n) is 16.8. The van der Waals surface area contributed by atoms with Gasteiger partial charge in [0.2, 0.25) is 6.43 Å². The maximum absolute atomic E-state index is 14.0. The molecule has 0 unspecified atom stereocenters. The van der Waals surface area contributed by atoms with Crippen LogP contribution >= 0.6 is 0 Å². The fourth-order valence-electron chi connectivity index (χ4n) is 4.61. The second-order valence-corrected chi connectivity index (χ2v) is 8.36. The Hall–Kier alpha value is -0.750. The third-order valence-electron chi connectivity index (χ3n) is 6.36. The molecule has 0 aromatic rings. The van der Waals surface area contributed by atoms with Gasteiger partial charge in [-0.25, -0.2) is 13.6 Å². The van der Waals surface area contributed by atoms with Gasteiger partial charge in [0.1, 0.15) is 0 Å². The molecule has 0 aliphatic heterocycles. The van der Waals surface area contributed by atoms with Gasteiger partial charge in [0.05, 0.1) is 0 Å². The van der Waals surface area contributed by atoms with Gasteiger partial charge in [0, 0.05) is 11.8 Å². The number of aliphatic hydroxyl groups is 2. The van der Waals surface area contributed by atoms with Crippen molar-refractivity contribution >= 4 is 5.97 Å². The normalized spacial score (nSPS) is 23.3. The summed E-state index contributed by atoms with van der Waals surface area (Å²) in [7, 11) is 0. The molecular formula is C21H38F2O4. The van der Waals surface area contributed by atoms with Crippen molar-refractivity contribution in [1.29, 1.82) is 0 Å². The minimum atomic E-state index is -2.68. The molecule has 1 aliphatic rings. The Morgan fingerprint density at radius 1 is 1.07 bits per heavy atom. The number of aliphatic carboxylic acids is 1. The highest BCUT2D eigenvalue weighted by atomic mass is 19.3. The summed E-state index contributed by atoms with van der Waals surface area (Å²) in [5, 5.41) is 27.2. The van der Waals surface area contributed by atoms with E-state index in [0.717, 1.165) is 44.9 Å². The molecule has 3 N–H and O–H groups in total. The summed E-state index contributed by atoms with van der Waals surface area (Å²) in [4.78, 5) is 10.7. The van der Waals surface area contributed by atoms with Crippen molar-refractivity contribution in [3.8, 4) is 0 Å². The summed E-state index contributed by atoms with van der Waals surface area (Å²) in [5.41, 5.74) is -0.844. The molecule has 0 amide bonds. The first kappa shape index (κ1) is 24.3. The Bertz CT molecular complexity index is 428. The standard InChI is InChI=1S/C21H38F2O4/c1-2-3-4-5-6-9-14-20(18(22)23)15-11-13-17(20)12-8-7-10-16-21(26,27)19(24)25/h17-18,26-27H,2-16H2,1H3,(H,24,25)/t17-,20+/m0/s1. The largest absolute Gasteiger partial charge is 0.477 e. The fraction of sp³-hybridized carbons (Fsp3) is 0.952. The van der Waals surface area contributed by atoms with Gasteiger partial charge >= 0.3 is 5.97 Å². The van der Waals surface area contributed by atoms with Gasteiger partial charge in [-0.05, 0) is 38.0 Å². The van der Waals surface area contributed by atoms with Gasteiger partial charge in [0.15, 0.2) is 0 Å². The number of carboxylic acid groups (broad SMARTS) is 1. The van der Waals surface area contributed by atoms with E-state index < -0.39 is 23.6 Å². The summed E-state index contributed by atoms with van der Waals surface area (Å²) in [6.07, 6.45) is 9.48. The van der Waals surface area contributed by atoms with E-state index in [1.807, 2.05) is 0 Å². The minimum absolute atomic E-state index is 0.0284. The van der Waals surface area contributed by atoms with E-state index in [9.17, 15) is 23.8 Å². The lowest BCUT2D eigenvalue weighted by atomic mass is 9.72. The molecular weight excluding hydrogens is 354 g/mol. The predicted octanol–water partition coefficient (Wildman–Crippen LogP) is 5.50. The average molecular weight is 393 g/mol. The fourth-order valence-corrected chi connectivity index (χ4v) is 4.61. The highest BCUT2D eigenvalue weighted by Crippen LogP contribution is 2.53. The van der Waals surface area contributed by atoms with Crippen LogP contribution in [0, 0.1) is 11.3 Å². The minimum Gasteiger partial charge on any atom is -0.477 e. The van der Waals surface area contributed by atoms with E-state index in [-0.39, 0.29) is 12.3 Å². The first-order valence-electron chi connectivity index (χ1n) is 10.7. The Morgan fingerprint density at radius 2 is 1.70 bits per heavy atom. The smallest absolute Gasteiger partial charge is 0.364 e. The third kappa shape index (κ3) is 7.65. The van der Waals surface area contributed by atoms with Gasteiger partial charge < -0.3 is 15.3 Å². The molecule has 0 spiro atoms. The molecule has 1 aliphatic carbocycles. The highest BCUT2D eigenvalue weighted by Gasteiger charge is 2.48. The van der Waals surface area contributed by atoms with Crippen LogP contribution in [-0.2, 0) is 4.79 Å². The van der Waals surface area contributed by atoms with E-state index in [2.05, 4.69) is 6.92 Å². The molecule has 0 aromatic heterocycles. The lowest BCUT2D eigenvalue weighted by Gasteiger charge is -2.35. The molecule has 2 atom stereocenters. The number of hydrogen-bond donors (Lipinski definition) is 3. The van der Waals surface area contributed by atoms with Gasteiger partial charge in [0.25, 0.3) is 5.79 Å². The summed E-state index contributed by atoms with van der Waals surface area (Å²) in [5.74, 6) is -4.30. The third-order valence-corrected chi connectivity index (χ3v) is 6.36. The number of halogens is 2. The highest BCUT2D eigenvalue weighted by molar-refractivity contribution is 5.74. The number of hydrogen-bond acceptors (Lipinski definition) is 3. The topological polar surface area (TPSA) is 77.8 Å². The van der Waals surface area contributed by atoms with Crippen molar-refractivity contribution in [2.45, 2.75) is 115 Å². The molecule has 0 radical (unpaired) electrons. The maximum atomic E-state index is 14.0. The summed E-state index contributed by atoms with van der Waals surface area (Å²) in [6.45, 7) is 2.16. The first-order chi connectivity index (χ1) is 12.8. The van der Waals surface area contributed by atoms with Crippen LogP contribution in [0.15, 0.2) is 0 Å². The Kier molecular flexibility index (Phi) is 10.7. The van der Waals surface area contributed by atoms with Crippen LogP contribution in [0.4, 0.5) is 8.78 Å². The molecule has 0 heterocycles. The van der Waals surface area contributed by atoms with E-state index >= 15 is 0 Å². The zero-order valence-corrected chi connectivity index (χ0v) is 16.8. The number of carbonyl (C=O) groups is 1. The summed E-state index contributed by atoms with van der Waals surface area (Å²) >= 11 is 0. The van der Waals surface area contributed by atoms with E-state index in [0.29, 0.717) is 25.7 Å². The van der Waals surface area contributed by atoms with Crippen LogP contribution < -0.4 is 0 Å². The number of alkyl halides is 2. The van der Waals surface area contributed by atoms with E-state index in [1.54, 1.807) is 0 Å². The van der Waals surface area contributed by atoms with Crippen LogP contribution in [0.3, 0.4) is 0 Å². The average Bonchev–Trinajstić information content (AvgIpc) is 3.01. The van der Waals surface area contributed by atoms with Gasteiger partial charge in [-0.2, -0.15) is 0 Å². The van der Waals surface area contributed by atoms with Crippen molar-refractivity contribution in [3.63, 3.8) is 0 Å². The van der Waals surface area contributed by atoms with Gasteiger partial charge in [-0.3, -0.25) is 0 Å². The number of carboxylic acids is 1. The molecule has 27 heavy (non-hydrogen) atoms. The molecule has 1 saturated carbocycles. The second-order valence-electron chi connectivity index (χ2n) is 8.36. The Morgan fingerprint density at radius 3 is 2.33 bits per heavy atom. The van der Waals surface area contributed by atoms with Crippen molar-refractivity contribution in [2.24, 2.45) is 11.3 Å². The number of rotatable bonds is 15. The lowest BCUT2D eigenvalue weighted by molar-refractivity contribution is -0.205. The Labute approximate surface area is 162 Å². The molecule has 4 nitrogen and oxygen atoms in total. The molecule has 0 aromatic carbocycles. The van der Waals surface area contributed by atoms with Gasteiger partial charge in [-0.1, -0.05) is 64.7 Å². The van der Waals surface area contributed by atoms with Gasteiger partial charge in [-0.15, -0.1) is 0 Å². The van der Waals surface area contributed by atoms with E-state index in [1.165, 1.54) is 19.3 Å². The first-order valence-corrected chi connectivity index (χ1v) is 10.7. The van der Waals surface area contributed by atoms with Crippen molar-refractivity contribution in [1.82, 2.24) is 0 Å². The molecule has 1 rings (SSSR count). The summed E-state index contributed by atoms with van der Waals surface area (Å²) in [6, 6.07) is 0.